The quantitative estimate of drug-likeness (QED) is 0.358. The minimum Gasteiger partial charge on any atom is -0.174 e. The molecule has 0 saturated carbocycles. The van der Waals surface area contributed by atoms with E-state index < -0.39 is 0 Å². The van der Waals surface area contributed by atoms with Crippen LogP contribution in [-0.4, -0.2) is 9.95 Å². The van der Waals surface area contributed by atoms with E-state index in [4.69, 9.17) is 12.2 Å². The minimum atomic E-state index is 1.19. The van der Waals surface area contributed by atoms with Crippen LogP contribution >= 0.6 is 12.2 Å². The van der Waals surface area contributed by atoms with Crippen LogP contribution in [0.15, 0.2) is 0 Å². The van der Waals surface area contributed by atoms with E-state index >= 15 is 0 Å². The zero-order valence-corrected chi connectivity index (χ0v) is 5.82. The molecule has 3 heteroatoms. The van der Waals surface area contributed by atoms with Crippen LogP contribution in [-0.2, 0) is 20.6 Å². The number of hydrogen-bond donors (Lipinski definition) is 2. The van der Waals surface area contributed by atoms with Crippen LogP contribution in [0.3, 0.4) is 0 Å². The molecule has 36 valence electrons. The van der Waals surface area contributed by atoms with Gasteiger partial charge in [-0.3, -0.25) is 0 Å². The molecule has 0 saturated heterocycles. The monoisotopic (exact) mass is 138 g/mol. The Balaban J connectivity index is 2.59. The summed E-state index contributed by atoms with van der Waals surface area (Å²) in [5.41, 5.74) is 0. The van der Waals surface area contributed by atoms with Crippen molar-refractivity contribution in [1.82, 2.24) is 0 Å². The summed E-state index contributed by atoms with van der Waals surface area (Å²) in [5.74, 6) is 1.31. The van der Waals surface area contributed by atoms with Gasteiger partial charge in [0.25, 0.3) is 0 Å². The zero-order valence-electron chi connectivity index (χ0n) is 3.22. The van der Waals surface area contributed by atoms with E-state index in [1.165, 1.54) is 37.0 Å². The molecule has 0 radical (unpaired) electrons. The molecule has 0 atom stereocenters. The summed E-state index contributed by atoms with van der Waals surface area (Å²) in [5, 5.41) is 0. The number of hydrogen-bond acceptors (Lipinski definition) is 1. The topological polar surface area (TPSA) is 0 Å². The van der Waals surface area contributed by atoms with Crippen LogP contribution in [0.5, 0.6) is 0 Å². The van der Waals surface area contributed by atoms with Crippen LogP contribution in [0.4, 0.5) is 0 Å². The third-order valence-corrected chi connectivity index (χ3v) is 4.25. The summed E-state index contributed by atoms with van der Waals surface area (Å²) in [7, 11) is 2.91. The third-order valence-electron chi connectivity index (χ3n) is 0.608. The predicted molar refractivity (Wildman–Crippen MR) is 39.6 cm³/mol. The average Bonchev–Trinajstić information content (AvgIpc) is 1.86. The van der Waals surface area contributed by atoms with Crippen LogP contribution in [0, 0.1) is 0 Å². The SMILES string of the molecule is S=C1CC[SH]=[SH]1. The van der Waals surface area contributed by atoms with E-state index in [2.05, 4.69) is 0 Å². The average molecular weight is 138 g/mol. The van der Waals surface area contributed by atoms with Gasteiger partial charge in [-0.2, -0.15) is 10.3 Å². The van der Waals surface area contributed by atoms with Gasteiger partial charge in [0.05, 0.1) is 0 Å². The Labute approximate surface area is 49.5 Å². The molecule has 0 aliphatic carbocycles. The van der Waals surface area contributed by atoms with Gasteiger partial charge in [-0.1, -0.05) is 12.2 Å². The molecular weight excluding hydrogens is 132 g/mol. The van der Waals surface area contributed by atoms with Crippen molar-refractivity contribution in [3.8, 4) is 0 Å². The lowest BCUT2D eigenvalue weighted by Crippen LogP contribution is -1.80. The van der Waals surface area contributed by atoms with Crippen molar-refractivity contribution in [3.63, 3.8) is 0 Å². The van der Waals surface area contributed by atoms with Crippen molar-refractivity contribution in [2.75, 3.05) is 5.75 Å². The molecule has 1 aliphatic heterocycles. The maximum Gasteiger partial charge on any atom is 0.0453 e. The van der Waals surface area contributed by atoms with Crippen molar-refractivity contribution in [2.45, 2.75) is 6.42 Å². The summed E-state index contributed by atoms with van der Waals surface area (Å²) in [4.78, 5) is 0. The zero-order chi connectivity index (χ0) is 4.41. The third kappa shape index (κ3) is 1.13. The van der Waals surface area contributed by atoms with Gasteiger partial charge in [0.2, 0.25) is 0 Å². The van der Waals surface area contributed by atoms with Crippen molar-refractivity contribution in [3.05, 3.63) is 0 Å². The predicted octanol–water partition coefficient (Wildman–Crippen LogP) is 0.262. The van der Waals surface area contributed by atoms with Gasteiger partial charge in [-0.05, 0) is 12.2 Å². The van der Waals surface area contributed by atoms with E-state index in [0.29, 0.717) is 0 Å². The fourth-order valence-electron chi connectivity index (χ4n) is 0.325. The molecule has 0 aromatic carbocycles. The highest BCUT2D eigenvalue weighted by molar-refractivity contribution is 8.38. The molecule has 0 aromatic rings. The maximum atomic E-state index is 4.90. The van der Waals surface area contributed by atoms with E-state index in [1.54, 1.807) is 0 Å². The summed E-state index contributed by atoms with van der Waals surface area (Å²) >= 11 is 4.90. The molecule has 1 rings (SSSR count). The lowest BCUT2D eigenvalue weighted by molar-refractivity contribution is 1.38. The first kappa shape index (κ1) is 4.94. The lowest BCUT2D eigenvalue weighted by Gasteiger charge is -1.74. The highest BCUT2D eigenvalue weighted by Gasteiger charge is 1.93. The van der Waals surface area contributed by atoms with Crippen LogP contribution in [0.25, 0.3) is 0 Å². The molecule has 0 fully saturated rings. The molecule has 1 aliphatic rings. The molecule has 0 amide bonds. The maximum absolute atomic E-state index is 4.90. The second-order valence-electron chi connectivity index (χ2n) is 1.11. The lowest BCUT2D eigenvalue weighted by atomic mass is 10.6. The van der Waals surface area contributed by atoms with Gasteiger partial charge < -0.3 is 0 Å². The first-order chi connectivity index (χ1) is 2.89. The molecule has 0 unspecified atom stereocenters. The van der Waals surface area contributed by atoms with Gasteiger partial charge in [0, 0.05) is 4.20 Å². The normalized spacial score (nSPS) is 22.3. The van der Waals surface area contributed by atoms with Crippen molar-refractivity contribution >= 4 is 37.1 Å². The summed E-state index contributed by atoms with van der Waals surface area (Å²) in [6.45, 7) is 0. The van der Waals surface area contributed by atoms with Crippen molar-refractivity contribution in [2.24, 2.45) is 0 Å². The second kappa shape index (κ2) is 2.19. The first-order valence-electron chi connectivity index (χ1n) is 1.80. The van der Waals surface area contributed by atoms with Crippen molar-refractivity contribution in [1.29, 1.82) is 0 Å². The van der Waals surface area contributed by atoms with E-state index in [-0.39, 0.29) is 0 Å². The second-order valence-corrected chi connectivity index (χ2v) is 4.82. The Hall–Kier alpha value is 0.790. The Bertz CT molecular complexity index is 94.2. The molecule has 0 spiro atoms. The molecule has 0 bridgehead atoms. The first-order valence-corrected chi connectivity index (χ1v) is 4.89. The van der Waals surface area contributed by atoms with Gasteiger partial charge in [0.15, 0.2) is 0 Å². The van der Waals surface area contributed by atoms with Crippen LogP contribution in [0.2, 0.25) is 0 Å². The largest absolute Gasteiger partial charge is 0.174 e. The fourth-order valence-corrected chi connectivity index (χ4v) is 3.44. The number of thiol groups is 2. The fraction of sp³-hybridized carbons (Fsp3) is 0.667. The van der Waals surface area contributed by atoms with Gasteiger partial charge >= 0.3 is 0 Å². The minimum absolute atomic E-state index is 1.19. The molecular formula is C3H6S3. The highest BCUT2D eigenvalue weighted by atomic mass is 32.8. The standard InChI is InChI=1S/C3H6S3/c4-3-1-2-5-6-3/h5-6H,1-2H2. The Morgan fingerprint density at radius 3 is 2.67 bits per heavy atom. The van der Waals surface area contributed by atoms with Gasteiger partial charge in [-0.25, -0.2) is 0 Å². The summed E-state index contributed by atoms with van der Waals surface area (Å²) in [6, 6.07) is 0. The molecule has 1 heterocycles. The van der Waals surface area contributed by atoms with E-state index in [1.807, 2.05) is 0 Å². The van der Waals surface area contributed by atoms with Crippen LogP contribution < -0.4 is 0 Å². The molecule has 0 nitrogen and oxygen atoms in total. The van der Waals surface area contributed by atoms with Crippen LogP contribution in [0.1, 0.15) is 6.42 Å². The number of thiocarbonyl (C=S) groups is 1. The summed E-state index contributed by atoms with van der Waals surface area (Å²) < 4.78 is 1.25. The Morgan fingerprint density at radius 1 is 1.67 bits per heavy atom. The molecule has 0 aromatic heterocycles. The van der Waals surface area contributed by atoms with Gasteiger partial charge in [0.1, 0.15) is 0 Å². The molecule has 6 heavy (non-hydrogen) atoms. The summed E-state index contributed by atoms with van der Waals surface area (Å²) in [6.07, 6.45) is 1.19. The van der Waals surface area contributed by atoms with E-state index in [0.717, 1.165) is 0 Å². The molecule has 0 N–H and O–H groups in total. The smallest absolute Gasteiger partial charge is 0.0453 e. The number of rotatable bonds is 0. The Morgan fingerprint density at radius 2 is 2.50 bits per heavy atom. The highest BCUT2D eigenvalue weighted by Crippen LogP contribution is 1.92. The Kier molecular flexibility index (Phi) is 1.80. The van der Waals surface area contributed by atoms with Gasteiger partial charge in [-0.15, -0.1) is 10.3 Å². The van der Waals surface area contributed by atoms with E-state index in [9.17, 15) is 0 Å². The van der Waals surface area contributed by atoms with Crippen molar-refractivity contribution < 1.29 is 0 Å².